The summed E-state index contributed by atoms with van der Waals surface area (Å²) in [6.07, 6.45) is 1.51. The number of hydrogen-bond acceptors (Lipinski definition) is 4. The van der Waals surface area contributed by atoms with Crippen LogP contribution in [0.15, 0.2) is 0 Å². The average molecular weight is 272 g/mol. The van der Waals surface area contributed by atoms with Crippen molar-refractivity contribution in [1.82, 2.24) is 10.6 Å². The number of amides is 1. The normalized spacial score (nSPS) is 24.5. The van der Waals surface area contributed by atoms with Crippen LogP contribution in [0.25, 0.3) is 0 Å². The monoisotopic (exact) mass is 272 g/mol. The Hall–Kier alpha value is -1.63. The first-order valence-corrected chi connectivity index (χ1v) is 6.40. The zero-order valence-electron chi connectivity index (χ0n) is 10.9. The third-order valence-electron chi connectivity index (χ3n) is 3.31. The standard InChI is InChI=1S/C12H20N2O5/c1-7-3-2-6-13-10(7)11(17)14-8(12(18)19)4-5-9(15)16/h7-8,10,13H,2-6H2,1H3,(H,14,17)(H,15,16)(H,18,19)/t7?,8-,10?/m0/s1. The lowest BCUT2D eigenvalue weighted by Gasteiger charge is -2.29. The Bertz CT molecular complexity index is 358. The van der Waals surface area contributed by atoms with E-state index in [4.69, 9.17) is 10.2 Å². The molecule has 108 valence electrons. The van der Waals surface area contributed by atoms with Crippen molar-refractivity contribution >= 4 is 17.8 Å². The molecule has 0 aromatic rings. The van der Waals surface area contributed by atoms with Crippen LogP contribution in [0.3, 0.4) is 0 Å². The molecule has 0 spiro atoms. The number of carbonyl (C=O) groups excluding carboxylic acids is 1. The van der Waals surface area contributed by atoms with Crippen molar-refractivity contribution in [2.45, 2.75) is 44.7 Å². The maximum absolute atomic E-state index is 12.0. The summed E-state index contributed by atoms with van der Waals surface area (Å²) in [5.74, 6) is -2.52. The lowest BCUT2D eigenvalue weighted by Crippen LogP contribution is -2.54. The van der Waals surface area contributed by atoms with Crippen molar-refractivity contribution in [2.24, 2.45) is 5.92 Å². The van der Waals surface area contributed by atoms with Crippen molar-refractivity contribution in [3.05, 3.63) is 0 Å². The molecule has 0 bridgehead atoms. The summed E-state index contributed by atoms with van der Waals surface area (Å²) in [6, 6.07) is -1.56. The lowest BCUT2D eigenvalue weighted by atomic mass is 9.92. The average Bonchev–Trinajstić information content (AvgIpc) is 2.34. The number of nitrogens with one attached hydrogen (secondary N) is 2. The van der Waals surface area contributed by atoms with Crippen LogP contribution in [0, 0.1) is 5.92 Å². The molecule has 1 heterocycles. The molecule has 1 rings (SSSR count). The van der Waals surface area contributed by atoms with Gasteiger partial charge < -0.3 is 20.8 Å². The second-order valence-electron chi connectivity index (χ2n) is 4.88. The number of rotatable bonds is 6. The molecule has 3 atom stereocenters. The van der Waals surface area contributed by atoms with Gasteiger partial charge in [0.05, 0.1) is 6.04 Å². The number of carboxylic acids is 2. The van der Waals surface area contributed by atoms with Gasteiger partial charge in [0.25, 0.3) is 0 Å². The van der Waals surface area contributed by atoms with Crippen molar-refractivity contribution in [3.8, 4) is 0 Å². The molecule has 0 radical (unpaired) electrons. The summed E-state index contributed by atoms with van der Waals surface area (Å²) < 4.78 is 0. The predicted molar refractivity (Wildman–Crippen MR) is 66.6 cm³/mol. The minimum Gasteiger partial charge on any atom is -0.481 e. The van der Waals surface area contributed by atoms with E-state index in [9.17, 15) is 14.4 Å². The van der Waals surface area contributed by atoms with E-state index in [1.165, 1.54) is 0 Å². The molecule has 1 aliphatic heterocycles. The van der Waals surface area contributed by atoms with Crippen molar-refractivity contribution in [2.75, 3.05) is 6.54 Å². The van der Waals surface area contributed by atoms with E-state index in [1.54, 1.807) is 0 Å². The number of carbonyl (C=O) groups is 3. The summed E-state index contributed by atoms with van der Waals surface area (Å²) in [7, 11) is 0. The minimum absolute atomic E-state index is 0.114. The van der Waals surface area contributed by atoms with Gasteiger partial charge in [0.2, 0.25) is 5.91 Å². The van der Waals surface area contributed by atoms with Gasteiger partial charge in [0.15, 0.2) is 0 Å². The van der Waals surface area contributed by atoms with Crippen LogP contribution >= 0.6 is 0 Å². The Morgan fingerprint density at radius 1 is 1.37 bits per heavy atom. The zero-order chi connectivity index (χ0) is 14.4. The van der Waals surface area contributed by atoms with Crippen molar-refractivity contribution < 1.29 is 24.6 Å². The first-order valence-electron chi connectivity index (χ1n) is 6.40. The second-order valence-corrected chi connectivity index (χ2v) is 4.88. The predicted octanol–water partition coefficient (Wildman–Crippen LogP) is -0.191. The Kier molecular flexibility index (Phi) is 5.75. The molecule has 2 unspecified atom stereocenters. The molecule has 7 heteroatoms. The third-order valence-corrected chi connectivity index (χ3v) is 3.31. The molecule has 0 aromatic carbocycles. The van der Waals surface area contributed by atoms with Crippen LogP contribution in [-0.2, 0) is 14.4 Å². The van der Waals surface area contributed by atoms with Crippen LogP contribution in [0.2, 0.25) is 0 Å². The highest BCUT2D eigenvalue weighted by atomic mass is 16.4. The van der Waals surface area contributed by atoms with Crippen LogP contribution in [0.4, 0.5) is 0 Å². The fourth-order valence-corrected chi connectivity index (χ4v) is 2.19. The summed E-state index contributed by atoms with van der Waals surface area (Å²) in [6.45, 7) is 2.67. The topological polar surface area (TPSA) is 116 Å². The number of piperidine rings is 1. The highest BCUT2D eigenvalue weighted by Crippen LogP contribution is 2.15. The van der Waals surface area contributed by atoms with Crippen molar-refractivity contribution in [3.63, 3.8) is 0 Å². The van der Waals surface area contributed by atoms with Gasteiger partial charge in [-0.25, -0.2) is 4.79 Å². The molecule has 4 N–H and O–H groups in total. The van der Waals surface area contributed by atoms with Gasteiger partial charge in [-0.1, -0.05) is 6.92 Å². The lowest BCUT2D eigenvalue weighted by molar-refractivity contribution is -0.143. The summed E-state index contributed by atoms with van der Waals surface area (Å²) in [4.78, 5) is 33.4. The van der Waals surface area contributed by atoms with E-state index >= 15 is 0 Å². The van der Waals surface area contributed by atoms with E-state index in [2.05, 4.69) is 10.6 Å². The quantitative estimate of drug-likeness (QED) is 0.532. The fraction of sp³-hybridized carbons (Fsp3) is 0.750. The van der Waals surface area contributed by atoms with E-state index in [-0.39, 0.29) is 24.7 Å². The number of carboxylic acid groups (broad SMARTS) is 2. The maximum atomic E-state index is 12.0. The first-order chi connectivity index (χ1) is 8.91. The van der Waals surface area contributed by atoms with Gasteiger partial charge in [0, 0.05) is 6.42 Å². The van der Waals surface area contributed by atoms with Crippen LogP contribution in [-0.4, -0.2) is 46.7 Å². The number of hydrogen-bond donors (Lipinski definition) is 4. The summed E-state index contributed by atoms with van der Waals surface area (Å²) >= 11 is 0. The van der Waals surface area contributed by atoms with E-state index in [0.717, 1.165) is 19.4 Å². The van der Waals surface area contributed by atoms with Crippen LogP contribution in [0.1, 0.15) is 32.6 Å². The van der Waals surface area contributed by atoms with Crippen LogP contribution in [0.5, 0.6) is 0 Å². The SMILES string of the molecule is CC1CCCNC1C(=O)N[C@@H](CCC(=O)O)C(=O)O. The molecule has 0 aromatic heterocycles. The van der Waals surface area contributed by atoms with Gasteiger partial charge in [-0.15, -0.1) is 0 Å². The van der Waals surface area contributed by atoms with Gasteiger partial charge in [0.1, 0.15) is 6.04 Å². The highest BCUT2D eigenvalue weighted by molar-refractivity contribution is 5.87. The van der Waals surface area contributed by atoms with E-state index < -0.39 is 24.0 Å². The zero-order valence-corrected chi connectivity index (χ0v) is 10.9. The minimum atomic E-state index is -1.21. The Labute approximate surface area is 111 Å². The third kappa shape index (κ3) is 4.86. The number of aliphatic carboxylic acids is 2. The van der Waals surface area contributed by atoms with Crippen molar-refractivity contribution in [1.29, 1.82) is 0 Å². The molecule has 7 nitrogen and oxygen atoms in total. The van der Waals surface area contributed by atoms with E-state index in [1.807, 2.05) is 6.92 Å². The Morgan fingerprint density at radius 3 is 2.58 bits per heavy atom. The Morgan fingerprint density at radius 2 is 2.05 bits per heavy atom. The molecular formula is C12H20N2O5. The van der Waals surface area contributed by atoms with Gasteiger partial charge >= 0.3 is 11.9 Å². The van der Waals surface area contributed by atoms with E-state index in [0.29, 0.717) is 0 Å². The van der Waals surface area contributed by atoms with Gasteiger partial charge in [-0.2, -0.15) is 0 Å². The van der Waals surface area contributed by atoms with Gasteiger partial charge in [-0.05, 0) is 31.7 Å². The fourth-order valence-electron chi connectivity index (χ4n) is 2.19. The molecule has 1 aliphatic rings. The smallest absolute Gasteiger partial charge is 0.326 e. The summed E-state index contributed by atoms with van der Waals surface area (Å²) in [5, 5.41) is 23.0. The first kappa shape index (κ1) is 15.4. The highest BCUT2D eigenvalue weighted by Gasteiger charge is 2.30. The second kappa shape index (κ2) is 7.08. The molecular weight excluding hydrogens is 252 g/mol. The molecule has 19 heavy (non-hydrogen) atoms. The molecule has 0 saturated carbocycles. The maximum Gasteiger partial charge on any atom is 0.326 e. The summed E-state index contributed by atoms with van der Waals surface area (Å²) in [5.41, 5.74) is 0. The van der Waals surface area contributed by atoms with Crippen LogP contribution < -0.4 is 10.6 Å². The molecule has 1 amide bonds. The largest absolute Gasteiger partial charge is 0.481 e. The molecule has 1 fully saturated rings. The Balaban J connectivity index is 2.55. The van der Waals surface area contributed by atoms with Gasteiger partial charge in [-0.3, -0.25) is 9.59 Å². The molecule has 0 aliphatic carbocycles. The molecule has 1 saturated heterocycles.